The molecular formula is C21H22ClN5O4S. The smallest absolute Gasteiger partial charge is 0.356 e. The van der Waals surface area contributed by atoms with E-state index in [1.54, 1.807) is 16.7 Å². The molecule has 0 aromatic carbocycles. The number of nitrogens with zero attached hydrogens (tertiary/aromatic N) is 4. The first-order chi connectivity index (χ1) is 15.3. The number of carboxylic acid groups (broad SMARTS) is 1. The molecule has 0 aliphatic carbocycles. The highest BCUT2D eigenvalue weighted by atomic mass is 35.5. The van der Waals surface area contributed by atoms with E-state index < -0.39 is 5.97 Å². The van der Waals surface area contributed by atoms with Crippen LogP contribution in [-0.4, -0.2) is 51.4 Å². The Morgan fingerprint density at radius 3 is 2.97 bits per heavy atom. The summed E-state index contributed by atoms with van der Waals surface area (Å²) >= 11 is 7.31. The third kappa shape index (κ3) is 3.42. The van der Waals surface area contributed by atoms with Crippen LogP contribution in [0.2, 0.25) is 5.15 Å². The van der Waals surface area contributed by atoms with Crippen molar-refractivity contribution in [3.63, 3.8) is 0 Å². The molecule has 2 aliphatic rings. The van der Waals surface area contributed by atoms with Crippen LogP contribution in [0.3, 0.4) is 0 Å². The highest BCUT2D eigenvalue weighted by Crippen LogP contribution is 2.36. The minimum atomic E-state index is -1.17. The molecule has 32 heavy (non-hydrogen) atoms. The lowest BCUT2D eigenvalue weighted by Crippen LogP contribution is -2.51. The van der Waals surface area contributed by atoms with Crippen molar-refractivity contribution in [2.75, 3.05) is 30.0 Å². The fraction of sp³-hybridized carbons (Fsp3) is 0.429. The standard InChI is InChI=1S/C21H22ClN5O4S/c1-10(23-13-3-4-14(22)24-16(13)20(29)30)15-11(2)32-18-17(15)25-21-26-7-8-31-9-12(26)5-6-27(21)19(18)28/h3-4,10,12,23H,5-9H2,1-2H3,(H,29,30)/t10-,12-/m0/s1. The summed E-state index contributed by atoms with van der Waals surface area (Å²) in [6, 6.07) is 3.07. The number of morpholine rings is 1. The number of pyridine rings is 1. The van der Waals surface area contributed by atoms with Gasteiger partial charge in [-0.2, -0.15) is 0 Å². The van der Waals surface area contributed by atoms with E-state index in [4.69, 9.17) is 21.3 Å². The maximum atomic E-state index is 13.3. The third-order valence-electron chi connectivity index (χ3n) is 6.04. The maximum Gasteiger partial charge on any atom is 0.356 e. The largest absolute Gasteiger partial charge is 0.476 e. The lowest BCUT2D eigenvalue weighted by molar-refractivity contribution is 0.0691. The number of hydrogen-bond acceptors (Lipinski definition) is 8. The molecule has 5 heterocycles. The van der Waals surface area contributed by atoms with E-state index in [1.807, 2.05) is 13.8 Å². The van der Waals surface area contributed by atoms with Crippen molar-refractivity contribution in [3.05, 3.63) is 43.8 Å². The maximum absolute atomic E-state index is 13.3. The van der Waals surface area contributed by atoms with Gasteiger partial charge in [-0.25, -0.2) is 14.8 Å². The number of hydrogen-bond donors (Lipinski definition) is 2. The highest BCUT2D eigenvalue weighted by molar-refractivity contribution is 7.19. The van der Waals surface area contributed by atoms with E-state index in [1.165, 1.54) is 11.3 Å². The SMILES string of the molecule is Cc1sc2c(=O)n3c(nc2c1[C@H](C)Nc1ccc(Cl)nc1C(=O)O)N1CCOC[C@@H]1CC3. The second-order valence-electron chi connectivity index (χ2n) is 8.03. The molecule has 0 spiro atoms. The van der Waals surface area contributed by atoms with Gasteiger partial charge in [0.2, 0.25) is 5.95 Å². The number of halogens is 1. The Morgan fingerprint density at radius 2 is 2.19 bits per heavy atom. The van der Waals surface area contributed by atoms with Gasteiger partial charge in [-0.05, 0) is 32.4 Å². The molecule has 1 saturated heterocycles. The Labute approximate surface area is 192 Å². The van der Waals surface area contributed by atoms with Crippen LogP contribution in [0.4, 0.5) is 11.6 Å². The van der Waals surface area contributed by atoms with E-state index in [9.17, 15) is 14.7 Å². The van der Waals surface area contributed by atoms with E-state index in [-0.39, 0.29) is 28.5 Å². The fourth-order valence-corrected chi connectivity index (χ4v) is 5.85. The summed E-state index contributed by atoms with van der Waals surface area (Å²) in [7, 11) is 0. The molecular weight excluding hydrogens is 454 g/mol. The normalized spacial score (nSPS) is 18.8. The summed E-state index contributed by atoms with van der Waals surface area (Å²) in [5.41, 5.74) is 1.72. The van der Waals surface area contributed by atoms with E-state index in [0.717, 1.165) is 16.9 Å². The first-order valence-corrected chi connectivity index (χ1v) is 11.6. The van der Waals surface area contributed by atoms with E-state index in [0.29, 0.717) is 48.2 Å². The zero-order chi connectivity index (χ0) is 22.6. The van der Waals surface area contributed by atoms with Crippen molar-refractivity contribution >= 4 is 50.8 Å². The Morgan fingerprint density at radius 1 is 1.38 bits per heavy atom. The number of anilines is 2. The van der Waals surface area contributed by atoms with Gasteiger partial charge in [-0.15, -0.1) is 11.3 Å². The van der Waals surface area contributed by atoms with Crippen molar-refractivity contribution in [3.8, 4) is 0 Å². The minimum Gasteiger partial charge on any atom is -0.476 e. The number of thiophene rings is 1. The van der Waals surface area contributed by atoms with Crippen LogP contribution < -0.4 is 15.8 Å². The second-order valence-corrected chi connectivity index (χ2v) is 9.64. The van der Waals surface area contributed by atoms with Crippen LogP contribution >= 0.6 is 22.9 Å². The molecule has 1 fully saturated rings. The molecule has 168 valence electrons. The van der Waals surface area contributed by atoms with Gasteiger partial charge in [-0.3, -0.25) is 9.36 Å². The molecule has 11 heteroatoms. The minimum absolute atomic E-state index is 0.0270. The monoisotopic (exact) mass is 475 g/mol. The zero-order valence-corrected chi connectivity index (χ0v) is 19.2. The highest BCUT2D eigenvalue weighted by Gasteiger charge is 2.33. The number of rotatable bonds is 4. The zero-order valence-electron chi connectivity index (χ0n) is 17.6. The molecule has 0 bridgehead atoms. The van der Waals surface area contributed by atoms with Crippen LogP contribution in [0.1, 0.15) is 40.3 Å². The average Bonchev–Trinajstić information content (AvgIpc) is 3.11. The molecule has 2 atom stereocenters. The summed E-state index contributed by atoms with van der Waals surface area (Å²) in [6.45, 7) is 6.46. The van der Waals surface area contributed by atoms with Crippen LogP contribution in [0.15, 0.2) is 16.9 Å². The number of aromatic nitrogens is 3. The van der Waals surface area contributed by atoms with Gasteiger partial charge in [-0.1, -0.05) is 11.6 Å². The molecule has 2 N–H and O–H groups in total. The first kappa shape index (κ1) is 21.2. The van der Waals surface area contributed by atoms with Gasteiger partial charge in [0.1, 0.15) is 9.85 Å². The third-order valence-corrected chi connectivity index (χ3v) is 7.35. The summed E-state index contributed by atoms with van der Waals surface area (Å²) in [4.78, 5) is 37.0. The number of aromatic carboxylic acids is 1. The van der Waals surface area contributed by atoms with Gasteiger partial charge in [0.25, 0.3) is 5.56 Å². The summed E-state index contributed by atoms with van der Waals surface area (Å²) in [5, 5.41) is 12.9. The van der Waals surface area contributed by atoms with Crippen molar-refractivity contribution < 1.29 is 14.6 Å². The van der Waals surface area contributed by atoms with E-state index in [2.05, 4.69) is 15.2 Å². The van der Waals surface area contributed by atoms with Crippen LogP contribution in [0.25, 0.3) is 10.2 Å². The Kier molecular flexibility index (Phi) is 5.31. The van der Waals surface area contributed by atoms with Crippen molar-refractivity contribution in [1.29, 1.82) is 0 Å². The van der Waals surface area contributed by atoms with Crippen molar-refractivity contribution in [2.24, 2.45) is 0 Å². The van der Waals surface area contributed by atoms with Crippen molar-refractivity contribution in [1.82, 2.24) is 14.5 Å². The Balaban J connectivity index is 1.59. The van der Waals surface area contributed by atoms with Gasteiger partial charge in [0.05, 0.1) is 36.5 Å². The number of fused-ring (bicyclic) bond motifs is 4. The number of carboxylic acids is 1. The number of aryl methyl sites for hydroxylation is 1. The molecule has 0 radical (unpaired) electrons. The topological polar surface area (TPSA) is 110 Å². The molecule has 3 aromatic rings. The molecule has 2 aliphatic heterocycles. The summed E-state index contributed by atoms with van der Waals surface area (Å²) in [6.07, 6.45) is 0.858. The van der Waals surface area contributed by atoms with Crippen LogP contribution in [0, 0.1) is 6.92 Å². The molecule has 3 aromatic heterocycles. The van der Waals surface area contributed by atoms with E-state index >= 15 is 0 Å². The first-order valence-electron chi connectivity index (χ1n) is 10.4. The van der Waals surface area contributed by atoms with Gasteiger partial charge < -0.3 is 20.1 Å². The summed E-state index contributed by atoms with van der Waals surface area (Å²) < 4.78 is 8.01. The quantitative estimate of drug-likeness (QED) is 0.553. The number of carbonyl (C=O) groups is 1. The lowest BCUT2D eigenvalue weighted by Gasteiger charge is -2.40. The molecule has 9 nitrogen and oxygen atoms in total. The van der Waals surface area contributed by atoms with Crippen LogP contribution in [-0.2, 0) is 11.3 Å². The second kappa shape index (κ2) is 8.02. The molecule has 0 saturated carbocycles. The lowest BCUT2D eigenvalue weighted by atomic mass is 10.1. The molecule has 5 rings (SSSR count). The van der Waals surface area contributed by atoms with Crippen LogP contribution in [0.5, 0.6) is 0 Å². The van der Waals surface area contributed by atoms with Gasteiger partial charge in [0, 0.05) is 23.5 Å². The van der Waals surface area contributed by atoms with Gasteiger partial charge in [0.15, 0.2) is 5.69 Å². The Bertz CT molecular complexity index is 1290. The predicted molar refractivity (Wildman–Crippen MR) is 123 cm³/mol. The van der Waals surface area contributed by atoms with Crippen molar-refractivity contribution in [2.45, 2.75) is 38.9 Å². The van der Waals surface area contributed by atoms with Gasteiger partial charge >= 0.3 is 5.97 Å². The summed E-state index contributed by atoms with van der Waals surface area (Å²) in [5.74, 6) is -0.481. The number of nitrogens with one attached hydrogen (secondary N) is 1. The average molecular weight is 476 g/mol. The Hall–Kier alpha value is -2.69. The fourth-order valence-electron chi connectivity index (χ4n) is 4.56. The molecule has 0 unspecified atom stereocenters. The molecule has 0 amide bonds. The predicted octanol–water partition coefficient (Wildman–Crippen LogP) is 3.30. The number of ether oxygens (including phenoxy) is 1.